The number of aliphatic imine (C=N–C) groups is 1. The molecular formula is C22H27N. The third-order valence-electron chi connectivity index (χ3n) is 4.82. The van der Waals surface area contributed by atoms with Crippen molar-refractivity contribution < 1.29 is 0 Å². The second kappa shape index (κ2) is 6.31. The van der Waals surface area contributed by atoms with E-state index in [1.165, 1.54) is 16.8 Å². The molecule has 0 amide bonds. The summed E-state index contributed by atoms with van der Waals surface area (Å²) in [5.74, 6) is 0. The van der Waals surface area contributed by atoms with Crippen molar-refractivity contribution in [1.82, 2.24) is 0 Å². The highest BCUT2D eigenvalue weighted by atomic mass is 14.9. The SMILES string of the molecule is CC(C)(C)C1=NC(Cc2ccccc2)(Cc2ccccc2)CC1. The van der Waals surface area contributed by atoms with Gasteiger partial charge in [0.05, 0.1) is 5.54 Å². The quantitative estimate of drug-likeness (QED) is 0.708. The third kappa shape index (κ3) is 3.90. The van der Waals surface area contributed by atoms with Crippen LogP contribution in [0, 0.1) is 5.41 Å². The van der Waals surface area contributed by atoms with E-state index in [0.717, 1.165) is 25.7 Å². The van der Waals surface area contributed by atoms with Gasteiger partial charge in [-0.2, -0.15) is 0 Å². The van der Waals surface area contributed by atoms with Gasteiger partial charge < -0.3 is 0 Å². The molecule has 0 radical (unpaired) electrons. The van der Waals surface area contributed by atoms with Crippen LogP contribution in [0.1, 0.15) is 44.7 Å². The molecule has 0 unspecified atom stereocenters. The number of hydrogen-bond donors (Lipinski definition) is 0. The van der Waals surface area contributed by atoms with Crippen molar-refractivity contribution in [1.29, 1.82) is 0 Å². The molecule has 120 valence electrons. The average Bonchev–Trinajstić information content (AvgIpc) is 2.93. The van der Waals surface area contributed by atoms with Gasteiger partial charge in [0.1, 0.15) is 0 Å². The Kier molecular flexibility index (Phi) is 4.39. The first kappa shape index (κ1) is 16.0. The largest absolute Gasteiger partial charge is 0.286 e. The number of nitrogens with zero attached hydrogens (tertiary/aromatic N) is 1. The molecule has 0 bridgehead atoms. The highest BCUT2D eigenvalue weighted by molar-refractivity contribution is 5.91. The maximum atomic E-state index is 5.30. The lowest BCUT2D eigenvalue weighted by Gasteiger charge is -2.27. The molecule has 0 N–H and O–H groups in total. The zero-order valence-electron chi connectivity index (χ0n) is 14.5. The van der Waals surface area contributed by atoms with Crippen molar-refractivity contribution in [2.24, 2.45) is 10.4 Å². The molecule has 1 aliphatic heterocycles. The summed E-state index contributed by atoms with van der Waals surface area (Å²) in [6.45, 7) is 6.85. The van der Waals surface area contributed by atoms with E-state index in [0.29, 0.717) is 0 Å². The van der Waals surface area contributed by atoms with Gasteiger partial charge in [0.15, 0.2) is 0 Å². The fourth-order valence-electron chi connectivity index (χ4n) is 3.56. The fourth-order valence-corrected chi connectivity index (χ4v) is 3.56. The molecule has 2 aromatic carbocycles. The predicted octanol–water partition coefficient (Wildman–Crippen LogP) is 5.49. The number of benzene rings is 2. The standard InChI is InChI=1S/C22H27N/c1-21(2,3)20-14-15-22(23-20,16-18-10-6-4-7-11-18)17-19-12-8-5-9-13-19/h4-13H,14-17H2,1-3H3. The zero-order chi connectivity index (χ0) is 16.3. The van der Waals surface area contributed by atoms with E-state index in [2.05, 4.69) is 81.4 Å². The molecule has 1 heterocycles. The van der Waals surface area contributed by atoms with Crippen molar-refractivity contribution >= 4 is 5.71 Å². The van der Waals surface area contributed by atoms with Crippen LogP contribution in [-0.4, -0.2) is 11.3 Å². The molecule has 0 saturated carbocycles. The zero-order valence-corrected chi connectivity index (χ0v) is 14.5. The van der Waals surface area contributed by atoms with Crippen molar-refractivity contribution in [2.45, 2.75) is 52.0 Å². The van der Waals surface area contributed by atoms with Crippen LogP contribution < -0.4 is 0 Å². The lowest BCUT2D eigenvalue weighted by atomic mass is 9.82. The highest BCUT2D eigenvalue weighted by Crippen LogP contribution is 2.37. The summed E-state index contributed by atoms with van der Waals surface area (Å²) < 4.78 is 0. The van der Waals surface area contributed by atoms with E-state index in [-0.39, 0.29) is 11.0 Å². The second-order valence-corrected chi connectivity index (χ2v) is 7.86. The van der Waals surface area contributed by atoms with Gasteiger partial charge in [-0.3, -0.25) is 4.99 Å². The molecule has 1 nitrogen and oxygen atoms in total. The average molecular weight is 305 g/mol. The highest BCUT2D eigenvalue weighted by Gasteiger charge is 2.38. The topological polar surface area (TPSA) is 12.4 Å². The van der Waals surface area contributed by atoms with Gasteiger partial charge in [0, 0.05) is 5.71 Å². The summed E-state index contributed by atoms with van der Waals surface area (Å²) in [4.78, 5) is 5.30. The molecule has 1 heteroatoms. The molecule has 2 aromatic rings. The van der Waals surface area contributed by atoms with E-state index >= 15 is 0 Å². The third-order valence-corrected chi connectivity index (χ3v) is 4.82. The van der Waals surface area contributed by atoms with Crippen molar-refractivity contribution in [3.63, 3.8) is 0 Å². The van der Waals surface area contributed by atoms with Crippen molar-refractivity contribution in [3.8, 4) is 0 Å². The van der Waals surface area contributed by atoms with Crippen LogP contribution >= 0.6 is 0 Å². The van der Waals surface area contributed by atoms with Gasteiger partial charge in [0.25, 0.3) is 0 Å². The summed E-state index contributed by atoms with van der Waals surface area (Å²) in [6, 6.07) is 21.6. The Hall–Kier alpha value is -1.89. The first-order valence-corrected chi connectivity index (χ1v) is 8.64. The normalized spacial score (nSPS) is 17.1. The van der Waals surface area contributed by atoms with Crippen LogP contribution in [0.15, 0.2) is 65.7 Å². The Labute approximate surface area is 140 Å². The maximum Gasteiger partial charge on any atom is 0.0691 e. The van der Waals surface area contributed by atoms with Crippen molar-refractivity contribution in [3.05, 3.63) is 71.8 Å². The van der Waals surface area contributed by atoms with Gasteiger partial charge in [-0.1, -0.05) is 81.4 Å². The summed E-state index contributed by atoms with van der Waals surface area (Å²) in [5, 5.41) is 0. The van der Waals surface area contributed by atoms with Crippen LogP contribution in [0.25, 0.3) is 0 Å². The molecule has 3 rings (SSSR count). The molecular weight excluding hydrogens is 278 g/mol. The van der Waals surface area contributed by atoms with Gasteiger partial charge >= 0.3 is 0 Å². The minimum atomic E-state index is 0.0192. The summed E-state index contributed by atoms with van der Waals surface area (Å²) in [5.41, 5.74) is 4.36. The molecule has 23 heavy (non-hydrogen) atoms. The Bertz CT molecular complexity index is 621. The monoisotopic (exact) mass is 305 g/mol. The maximum absolute atomic E-state index is 5.30. The first-order valence-electron chi connectivity index (χ1n) is 8.64. The van der Waals surface area contributed by atoms with Crippen LogP contribution in [0.4, 0.5) is 0 Å². The molecule has 1 aliphatic rings. The lowest BCUT2D eigenvalue weighted by Crippen LogP contribution is -2.30. The van der Waals surface area contributed by atoms with Crippen LogP contribution in [0.5, 0.6) is 0 Å². The molecule has 0 aliphatic carbocycles. The van der Waals surface area contributed by atoms with Crippen LogP contribution in [-0.2, 0) is 12.8 Å². The molecule has 0 saturated heterocycles. The molecule has 0 atom stereocenters. The minimum Gasteiger partial charge on any atom is -0.286 e. The van der Waals surface area contributed by atoms with E-state index < -0.39 is 0 Å². The minimum absolute atomic E-state index is 0.0192. The lowest BCUT2D eigenvalue weighted by molar-refractivity contribution is 0.421. The smallest absolute Gasteiger partial charge is 0.0691 e. The first-order chi connectivity index (χ1) is 11.0. The second-order valence-electron chi connectivity index (χ2n) is 7.86. The summed E-state index contributed by atoms with van der Waals surface area (Å²) >= 11 is 0. The predicted molar refractivity (Wildman–Crippen MR) is 99.1 cm³/mol. The molecule has 0 spiro atoms. The molecule has 0 aromatic heterocycles. The van der Waals surface area contributed by atoms with E-state index in [1.807, 2.05) is 0 Å². The Balaban J connectivity index is 1.92. The summed E-state index contributed by atoms with van der Waals surface area (Å²) in [7, 11) is 0. The molecule has 0 fully saturated rings. The Morgan fingerprint density at radius 1 is 0.826 bits per heavy atom. The van der Waals surface area contributed by atoms with E-state index in [4.69, 9.17) is 4.99 Å². The van der Waals surface area contributed by atoms with E-state index in [9.17, 15) is 0 Å². The van der Waals surface area contributed by atoms with Crippen LogP contribution in [0.2, 0.25) is 0 Å². The van der Waals surface area contributed by atoms with Gasteiger partial charge in [-0.15, -0.1) is 0 Å². The fraction of sp³-hybridized carbons (Fsp3) is 0.409. The Morgan fingerprint density at radius 2 is 1.30 bits per heavy atom. The van der Waals surface area contributed by atoms with Gasteiger partial charge in [-0.25, -0.2) is 0 Å². The van der Waals surface area contributed by atoms with Crippen LogP contribution in [0.3, 0.4) is 0 Å². The summed E-state index contributed by atoms with van der Waals surface area (Å²) in [6.07, 6.45) is 4.34. The number of hydrogen-bond acceptors (Lipinski definition) is 1. The van der Waals surface area contributed by atoms with E-state index in [1.54, 1.807) is 0 Å². The van der Waals surface area contributed by atoms with Gasteiger partial charge in [-0.05, 0) is 42.2 Å². The van der Waals surface area contributed by atoms with Gasteiger partial charge in [0.2, 0.25) is 0 Å². The Morgan fingerprint density at radius 3 is 1.70 bits per heavy atom. The number of rotatable bonds is 4. The van der Waals surface area contributed by atoms with Crippen molar-refractivity contribution in [2.75, 3.05) is 0 Å².